The molecule has 0 radical (unpaired) electrons. The minimum atomic E-state index is -0.277. The van der Waals surface area contributed by atoms with Crippen LogP contribution in [0.5, 0.6) is 0 Å². The van der Waals surface area contributed by atoms with E-state index in [9.17, 15) is 9.18 Å². The average Bonchev–Trinajstić information content (AvgIpc) is 3.11. The van der Waals surface area contributed by atoms with E-state index in [2.05, 4.69) is 40.3 Å². The van der Waals surface area contributed by atoms with Gasteiger partial charge >= 0.3 is 0 Å². The predicted molar refractivity (Wildman–Crippen MR) is 124 cm³/mol. The standard InChI is InChI=1S/C27H27FN2O/c1-19(2)29-27(31)16-24(21-12-14-22(28)15-13-21)25-18-30(17-20-8-4-3-5-9-20)26-11-7-6-10-23(25)26/h3-15,18-19,24H,16-17H2,1-2H3,(H,29,31)/t24-/m1/s1. The van der Waals surface area contributed by atoms with Crippen molar-refractivity contribution in [1.82, 2.24) is 9.88 Å². The maximum Gasteiger partial charge on any atom is 0.221 e. The molecule has 0 aliphatic heterocycles. The van der Waals surface area contributed by atoms with Crippen LogP contribution in [0.4, 0.5) is 4.39 Å². The summed E-state index contributed by atoms with van der Waals surface area (Å²) in [7, 11) is 0. The number of benzene rings is 3. The molecule has 0 fully saturated rings. The Morgan fingerprint density at radius 1 is 0.935 bits per heavy atom. The monoisotopic (exact) mass is 414 g/mol. The van der Waals surface area contributed by atoms with Gasteiger partial charge in [-0.15, -0.1) is 0 Å². The lowest BCUT2D eigenvalue weighted by atomic mass is 9.88. The van der Waals surface area contributed by atoms with Gasteiger partial charge in [-0.1, -0.05) is 60.7 Å². The number of fused-ring (bicyclic) bond motifs is 1. The molecule has 1 heterocycles. The summed E-state index contributed by atoms with van der Waals surface area (Å²) in [6.07, 6.45) is 2.46. The normalized spacial score (nSPS) is 12.3. The Morgan fingerprint density at radius 3 is 2.32 bits per heavy atom. The number of carbonyl (C=O) groups is 1. The fourth-order valence-corrected chi connectivity index (χ4v) is 4.13. The van der Waals surface area contributed by atoms with Gasteiger partial charge in [0.2, 0.25) is 5.91 Å². The zero-order chi connectivity index (χ0) is 21.8. The van der Waals surface area contributed by atoms with Crippen LogP contribution in [0.1, 0.15) is 42.9 Å². The van der Waals surface area contributed by atoms with E-state index >= 15 is 0 Å². The molecule has 0 aliphatic carbocycles. The first-order valence-electron chi connectivity index (χ1n) is 10.7. The molecule has 3 aromatic carbocycles. The lowest BCUT2D eigenvalue weighted by Gasteiger charge is -2.18. The van der Waals surface area contributed by atoms with Crippen LogP contribution in [0.3, 0.4) is 0 Å². The molecule has 1 N–H and O–H groups in total. The molecule has 0 saturated carbocycles. The molecule has 0 bridgehead atoms. The summed E-state index contributed by atoms with van der Waals surface area (Å²) >= 11 is 0. The first-order chi connectivity index (χ1) is 15.0. The van der Waals surface area contributed by atoms with Gasteiger partial charge in [0.1, 0.15) is 5.82 Å². The van der Waals surface area contributed by atoms with Crippen LogP contribution in [0, 0.1) is 5.82 Å². The van der Waals surface area contributed by atoms with E-state index in [0.29, 0.717) is 6.42 Å². The maximum atomic E-state index is 13.6. The summed E-state index contributed by atoms with van der Waals surface area (Å²) in [6, 6.07) is 25.2. The molecular weight excluding hydrogens is 387 g/mol. The maximum absolute atomic E-state index is 13.6. The Labute approximate surface area is 182 Å². The van der Waals surface area contributed by atoms with E-state index < -0.39 is 0 Å². The Kier molecular flexibility index (Phi) is 6.17. The van der Waals surface area contributed by atoms with Gasteiger partial charge in [0.05, 0.1) is 0 Å². The number of aromatic nitrogens is 1. The third-order valence-electron chi connectivity index (χ3n) is 5.50. The number of hydrogen-bond donors (Lipinski definition) is 1. The summed E-state index contributed by atoms with van der Waals surface area (Å²) in [5.74, 6) is -0.453. The van der Waals surface area contributed by atoms with Crippen LogP contribution in [0.2, 0.25) is 0 Å². The van der Waals surface area contributed by atoms with Gasteiger partial charge in [-0.2, -0.15) is 0 Å². The summed E-state index contributed by atoms with van der Waals surface area (Å²) in [4.78, 5) is 12.7. The zero-order valence-corrected chi connectivity index (χ0v) is 17.9. The first-order valence-corrected chi connectivity index (χ1v) is 10.7. The number of nitrogens with one attached hydrogen (secondary N) is 1. The molecule has 31 heavy (non-hydrogen) atoms. The third-order valence-corrected chi connectivity index (χ3v) is 5.50. The second-order valence-electron chi connectivity index (χ2n) is 8.25. The van der Waals surface area contributed by atoms with Crippen molar-refractivity contribution in [1.29, 1.82) is 0 Å². The molecule has 1 aromatic heterocycles. The van der Waals surface area contributed by atoms with Crippen molar-refractivity contribution in [3.05, 3.63) is 108 Å². The lowest BCUT2D eigenvalue weighted by Crippen LogP contribution is -2.31. The molecule has 4 aromatic rings. The molecule has 3 nitrogen and oxygen atoms in total. The van der Waals surface area contributed by atoms with Crippen LogP contribution >= 0.6 is 0 Å². The molecule has 0 aliphatic rings. The van der Waals surface area contributed by atoms with Gasteiger partial charge in [-0.3, -0.25) is 4.79 Å². The highest BCUT2D eigenvalue weighted by Crippen LogP contribution is 2.35. The quantitative estimate of drug-likeness (QED) is 0.403. The number of amides is 1. The second-order valence-corrected chi connectivity index (χ2v) is 8.25. The van der Waals surface area contributed by atoms with E-state index in [0.717, 1.165) is 28.6 Å². The fraction of sp³-hybridized carbons (Fsp3) is 0.222. The van der Waals surface area contributed by atoms with Crippen molar-refractivity contribution < 1.29 is 9.18 Å². The van der Waals surface area contributed by atoms with Gasteiger partial charge in [-0.25, -0.2) is 4.39 Å². The highest BCUT2D eigenvalue weighted by molar-refractivity contribution is 5.86. The van der Waals surface area contributed by atoms with Gasteiger partial charge in [0.25, 0.3) is 0 Å². The Bertz CT molecular complexity index is 1160. The molecule has 1 atom stereocenters. The van der Waals surface area contributed by atoms with Crippen LogP contribution in [-0.2, 0) is 11.3 Å². The zero-order valence-electron chi connectivity index (χ0n) is 17.9. The number of nitrogens with zero attached hydrogens (tertiary/aromatic N) is 1. The smallest absolute Gasteiger partial charge is 0.221 e. The van der Waals surface area contributed by atoms with Crippen molar-refractivity contribution in [3.63, 3.8) is 0 Å². The van der Waals surface area contributed by atoms with Crippen molar-refractivity contribution >= 4 is 16.8 Å². The van der Waals surface area contributed by atoms with Crippen LogP contribution in [-0.4, -0.2) is 16.5 Å². The van der Waals surface area contributed by atoms with Crippen molar-refractivity contribution in [2.24, 2.45) is 0 Å². The predicted octanol–water partition coefficient (Wildman–Crippen LogP) is 5.88. The lowest BCUT2D eigenvalue weighted by molar-refractivity contribution is -0.121. The first kappa shape index (κ1) is 20.9. The summed E-state index contributed by atoms with van der Waals surface area (Å²) < 4.78 is 15.8. The highest BCUT2D eigenvalue weighted by atomic mass is 19.1. The van der Waals surface area contributed by atoms with Gasteiger partial charge in [-0.05, 0) is 48.7 Å². The minimum Gasteiger partial charge on any atom is -0.354 e. The molecule has 158 valence electrons. The van der Waals surface area contributed by atoms with Gasteiger partial charge < -0.3 is 9.88 Å². The molecule has 4 heteroatoms. The van der Waals surface area contributed by atoms with Crippen LogP contribution < -0.4 is 5.32 Å². The second kappa shape index (κ2) is 9.17. The van der Waals surface area contributed by atoms with Crippen LogP contribution in [0.25, 0.3) is 10.9 Å². The third kappa shape index (κ3) is 4.85. The van der Waals surface area contributed by atoms with Gasteiger partial charge in [0, 0.05) is 42.0 Å². The number of para-hydroxylation sites is 1. The highest BCUT2D eigenvalue weighted by Gasteiger charge is 2.23. The number of halogens is 1. The Balaban J connectivity index is 1.79. The topological polar surface area (TPSA) is 34.0 Å². The van der Waals surface area contributed by atoms with Crippen molar-refractivity contribution in [2.75, 3.05) is 0 Å². The molecular formula is C27H27FN2O. The number of carbonyl (C=O) groups excluding carboxylic acids is 1. The molecule has 0 saturated heterocycles. The van der Waals surface area contributed by atoms with E-state index in [-0.39, 0.29) is 23.7 Å². The van der Waals surface area contributed by atoms with E-state index in [1.165, 1.54) is 17.7 Å². The minimum absolute atomic E-state index is 0.00999. The SMILES string of the molecule is CC(C)NC(=O)C[C@H](c1ccc(F)cc1)c1cn(Cc2ccccc2)c2ccccc12. The Hall–Kier alpha value is -3.40. The van der Waals surface area contributed by atoms with Crippen molar-refractivity contribution in [3.8, 4) is 0 Å². The number of rotatable bonds is 7. The van der Waals surface area contributed by atoms with Gasteiger partial charge in [0.15, 0.2) is 0 Å². The van der Waals surface area contributed by atoms with Crippen molar-refractivity contribution in [2.45, 2.75) is 38.8 Å². The summed E-state index contributed by atoms with van der Waals surface area (Å²) in [6.45, 7) is 4.66. The van der Waals surface area contributed by atoms with E-state index in [4.69, 9.17) is 0 Å². The average molecular weight is 415 g/mol. The molecule has 4 rings (SSSR count). The largest absolute Gasteiger partial charge is 0.354 e. The fourth-order valence-electron chi connectivity index (χ4n) is 4.13. The molecule has 1 amide bonds. The summed E-state index contributed by atoms with van der Waals surface area (Å²) in [5.41, 5.74) is 4.35. The number of hydrogen-bond acceptors (Lipinski definition) is 1. The Morgan fingerprint density at radius 2 is 1.61 bits per heavy atom. The van der Waals surface area contributed by atoms with E-state index in [1.807, 2.05) is 44.2 Å². The molecule has 0 unspecified atom stereocenters. The van der Waals surface area contributed by atoms with E-state index in [1.54, 1.807) is 12.1 Å². The summed E-state index contributed by atoms with van der Waals surface area (Å²) in [5, 5.41) is 4.11. The van der Waals surface area contributed by atoms with Crippen LogP contribution in [0.15, 0.2) is 85.1 Å². The molecule has 0 spiro atoms.